The first-order valence-electron chi connectivity index (χ1n) is 5.10. The molecule has 0 fully saturated rings. The van der Waals surface area contributed by atoms with E-state index < -0.39 is 15.1 Å². The predicted octanol–water partition coefficient (Wildman–Crippen LogP) is 1.85. The topological polar surface area (TPSA) is 69.4 Å². The zero-order valence-electron chi connectivity index (χ0n) is 9.73. The van der Waals surface area contributed by atoms with Crippen molar-refractivity contribution >= 4 is 15.5 Å². The minimum atomic E-state index is -3.33. The lowest BCUT2D eigenvalue weighted by molar-refractivity contribution is 0.402. The molecule has 1 aromatic rings. The maximum Gasteiger partial charge on any atom is 0.184 e. The van der Waals surface area contributed by atoms with Gasteiger partial charge in [0.15, 0.2) is 9.84 Å². The molecule has 90 valence electrons. The van der Waals surface area contributed by atoms with Crippen LogP contribution in [-0.2, 0) is 9.84 Å². The molecule has 0 spiro atoms. The molecule has 2 N–H and O–H groups in total. The summed E-state index contributed by atoms with van der Waals surface area (Å²) in [6.45, 7) is 3.52. The number of ether oxygens (including phenoxy) is 1. The van der Waals surface area contributed by atoms with Crippen molar-refractivity contribution in [2.75, 3.05) is 12.8 Å². The SMILES string of the molecule is CCC(C)S(=O)(=O)c1ccc(N)cc1OC. The van der Waals surface area contributed by atoms with Gasteiger partial charge in [-0.25, -0.2) is 8.42 Å². The summed E-state index contributed by atoms with van der Waals surface area (Å²) in [5.41, 5.74) is 6.07. The summed E-state index contributed by atoms with van der Waals surface area (Å²) in [5.74, 6) is 0.306. The fourth-order valence-corrected chi connectivity index (χ4v) is 2.91. The molecule has 0 aromatic heterocycles. The number of hydrogen-bond donors (Lipinski definition) is 1. The average Bonchev–Trinajstić information content (AvgIpc) is 2.27. The van der Waals surface area contributed by atoms with Crippen molar-refractivity contribution in [3.63, 3.8) is 0 Å². The number of hydrogen-bond acceptors (Lipinski definition) is 4. The number of benzene rings is 1. The Labute approximate surface area is 96.3 Å². The molecule has 0 heterocycles. The van der Waals surface area contributed by atoms with Crippen LogP contribution in [-0.4, -0.2) is 20.8 Å². The molecular formula is C11H17NO3S. The molecule has 0 saturated carbocycles. The van der Waals surface area contributed by atoms with Crippen LogP contribution in [0.5, 0.6) is 5.75 Å². The minimum absolute atomic E-state index is 0.207. The standard InChI is InChI=1S/C11H17NO3S/c1-4-8(2)16(13,14)11-6-5-9(12)7-10(11)15-3/h5-8H,4,12H2,1-3H3. The molecule has 0 aliphatic carbocycles. The fraction of sp³-hybridized carbons (Fsp3) is 0.455. The summed E-state index contributed by atoms with van der Waals surface area (Å²) in [5, 5.41) is -0.426. The van der Waals surface area contributed by atoms with Gasteiger partial charge in [-0.2, -0.15) is 0 Å². The maximum absolute atomic E-state index is 12.1. The molecule has 0 bridgehead atoms. The van der Waals surface area contributed by atoms with Gasteiger partial charge in [-0.3, -0.25) is 0 Å². The van der Waals surface area contributed by atoms with Gasteiger partial charge >= 0.3 is 0 Å². The number of nitrogens with two attached hydrogens (primary N) is 1. The third-order valence-corrected chi connectivity index (χ3v) is 4.94. The number of anilines is 1. The summed E-state index contributed by atoms with van der Waals surface area (Å²) < 4.78 is 29.3. The molecule has 4 nitrogen and oxygen atoms in total. The van der Waals surface area contributed by atoms with Crippen LogP contribution >= 0.6 is 0 Å². The number of rotatable bonds is 4. The Morgan fingerprint density at radius 1 is 1.44 bits per heavy atom. The van der Waals surface area contributed by atoms with Crippen molar-refractivity contribution in [2.45, 2.75) is 30.4 Å². The number of methoxy groups -OCH3 is 1. The molecule has 0 saturated heterocycles. The molecular weight excluding hydrogens is 226 g/mol. The molecule has 1 atom stereocenters. The Bertz CT molecular complexity index is 468. The highest BCUT2D eigenvalue weighted by atomic mass is 32.2. The van der Waals surface area contributed by atoms with Crippen LogP contribution in [0.15, 0.2) is 23.1 Å². The monoisotopic (exact) mass is 243 g/mol. The lowest BCUT2D eigenvalue weighted by Crippen LogP contribution is -2.17. The maximum atomic E-state index is 12.1. The van der Waals surface area contributed by atoms with Gasteiger partial charge in [0.1, 0.15) is 10.6 Å². The Morgan fingerprint density at radius 3 is 2.56 bits per heavy atom. The van der Waals surface area contributed by atoms with E-state index in [0.29, 0.717) is 17.9 Å². The molecule has 16 heavy (non-hydrogen) atoms. The van der Waals surface area contributed by atoms with Crippen molar-refractivity contribution in [1.82, 2.24) is 0 Å². The van der Waals surface area contributed by atoms with Crippen LogP contribution in [0.4, 0.5) is 5.69 Å². The molecule has 0 radical (unpaired) electrons. The fourth-order valence-electron chi connectivity index (χ4n) is 1.36. The highest BCUT2D eigenvalue weighted by molar-refractivity contribution is 7.92. The second-order valence-electron chi connectivity index (χ2n) is 3.67. The summed E-state index contributed by atoms with van der Waals surface area (Å²) in [7, 11) is -1.89. The third-order valence-electron chi connectivity index (χ3n) is 2.60. The van der Waals surface area contributed by atoms with E-state index in [9.17, 15) is 8.42 Å². The average molecular weight is 243 g/mol. The van der Waals surface area contributed by atoms with Crippen LogP contribution in [0, 0.1) is 0 Å². The van der Waals surface area contributed by atoms with E-state index in [0.717, 1.165) is 0 Å². The molecule has 1 rings (SSSR count). The summed E-state index contributed by atoms with van der Waals surface area (Å²) in [6, 6.07) is 4.59. The van der Waals surface area contributed by atoms with Gasteiger partial charge in [-0.15, -0.1) is 0 Å². The Kier molecular flexibility index (Phi) is 3.80. The van der Waals surface area contributed by atoms with Crippen molar-refractivity contribution < 1.29 is 13.2 Å². The van der Waals surface area contributed by atoms with E-state index in [4.69, 9.17) is 10.5 Å². The van der Waals surface area contributed by atoms with Gasteiger partial charge in [-0.1, -0.05) is 6.92 Å². The highest BCUT2D eigenvalue weighted by Crippen LogP contribution is 2.29. The number of sulfone groups is 1. The molecule has 5 heteroatoms. The summed E-state index contributed by atoms with van der Waals surface area (Å²) in [6.07, 6.45) is 0.565. The van der Waals surface area contributed by atoms with Gasteiger partial charge in [-0.05, 0) is 25.5 Å². The van der Waals surface area contributed by atoms with Crippen LogP contribution < -0.4 is 10.5 Å². The van der Waals surface area contributed by atoms with Gasteiger partial charge in [0.25, 0.3) is 0 Å². The van der Waals surface area contributed by atoms with Gasteiger partial charge in [0.2, 0.25) is 0 Å². The van der Waals surface area contributed by atoms with Gasteiger partial charge < -0.3 is 10.5 Å². The predicted molar refractivity (Wildman–Crippen MR) is 64.3 cm³/mol. The van der Waals surface area contributed by atoms with Crippen LogP contribution in [0.1, 0.15) is 20.3 Å². The number of nitrogen functional groups attached to an aromatic ring is 1. The van der Waals surface area contributed by atoms with E-state index in [1.54, 1.807) is 13.0 Å². The normalized spacial score (nSPS) is 13.4. The highest BCUT2D eigenvalue weighted by Gasteiger charge is 2.25. The second-order valence-corrected chi connectivity index (χ2v) is 6.01. The van der Waals surface area contributed by atoms with E-state index >= 15 is 0 Å². The van der Waals surface area contributed by atoms with E-state index in [2.05, 4.69) is 0 Å². The first kappa shape index (κ1) is 12.8. The lowest BCUT2D eigenvalue weighted by atomic mass is 10.3. The largest absolute Gasteiger partial charge is 0.495 e. The van der Waals surface area contributed by atoms with Crippen molar-refractivity contribution in [2.24, 2.45) is 0 Å². The Hall–Kier alpha value is -1.23. The molecule has 1 aromatic carbocycles. The van der Waals surface area contributed by atoms with Crippen LogP contribution in [0.25, 0.3) is 0 Å². The Balaban J connectivity index is 3.33. The summed E-state index contributed by atoms with van der Waals surface area (Å²) in [4.78, 5) is 0.207. The van der Waals surface area contributed by atoms with Gasteiger partial charge in [0, 0.05) is 11.8 Å². The summed E-state index contributed by atoms with van der Waals surface area (Å²) >= 11 is 0. The molecule has 1 unspecified atom stereocenters. The lowest BCUT2D eigenvalue weighted by Gasteiger charge is -2.14. The zero-order valence-corrected chi connectivity index (χ0v) is 10.5. The third kappa shape index (κ3) is 2.29. The van der Waals surface area contributed by atoms with Crippen molar-refractivity contribution in [1.29, 1.82) is 0 Å². The van der Waals surface area contributed by atoms with E-state index in [-0.39, 0.29) is 4.90 Å². The van der Waals surface area contributed by atoms with E-state index in [1.807, 2.05) is 6.92 Å². The first-order valence-corrected chi connectivity index (χ1v) is 6.65. The molecule has 0 aliphatic rings. The van der Waals surface area contributed by atoms with E-state index in [1.165, 1.54) is 19.2 Å². The van der Waals surface area contributed by atoms with Crippen LogP contribution in [0.2, 0.25) is 0 Å². The quantitative estimate of drug-likeness (QED) is 0.819. The smallest absolute Gasteiger partial charge is 0.184 e. The van der Waals surface area contributed by atoms with Crippen molar-refractivity contribution in [3.05, 3.63) is 18.2 Å². The Morgan fingerprint density at radius 2 is 2.06 bits per heavy atom. The van der Waals surface area contributed by atoms with Gasteiger partial charge in [0.05, 0.1) is 12.4 Å². The first-order chi connectivity index (χ1) is 7.43. The van der Waals surface area contributed by atoms with Crippen LogP contribution in [0.3, 0.4) is 0 Å². The molecule has 0 amide bonds. The second kappa shape index (κ2) is 4.74. The molecule has 0 aliphatic heterocycles. The van der Waals surface area contributed by atoms with Crippen molar-refractivity contribution in [3.8, 4) is 5.75 Å². The minimum Gasteiger partial charge on any atom is -0.495 e. The zero-order chi connectivity index (χ0) is 12.3.